The molecule has 0 amide bonds. The van der Waals surface area contributed by atoms with Crippen molar-refractivity contribution in [3.8, 4) is 0 Å². The molecular formula is C27H25ClNO2P. The molecule has 4 aromatic rings. The van der Waals surface area contributed by atoms with E-state index < -0.39 is 5.96 Å². The molecule has 4 aromatic carbocycles. The zero-order chi connectivity index (χ0) is 23.0. The van der Waals surface area contributed by atoms with Crippen LogP contribution in [0.1, 0.15) is 16.7 Å². The van der Waals surface area contributed by atoms with E-state index in [1.54, 1.807) is 12.1 Å². The second-order valence-electron chi connectivity index (χ2n) is 8.29. The molecule has 0 bridgehead atoms. The molecule has 0 spiro atoms. The first-order valence-electron chi connectivity index (χ1n) is 10.4. The van der Waals surface area contributed by atoms with Crippen molar-refractivity contribution in [1.82, 2.24) is 0 Å². The number of aryl methyl sites for hydroxylation is 3. The van der Waals surface area contributed by atoms with Gasteiger partial charge in [-0.15, -0.1) is 0 Å². The van der Waals surface area contributed by atoms with Crippen LogP contribution in [0.4, 0.5) is 5.69 Å². The van der Waals surface area contributed by atoms with E-state index >= 15 is 0 Å². The SMILES string of the molecule is Cc1ccc(P(Cl)(c2ccc(C)cc2)(c2ccc(C)cc2)c2ccc([N+](=O)[O-])cc2)cc1. The van der Waals surface area contributed by atoms with Crippen LogP contribution in [0, 0.1) is 30.9 Å². The summed E-state index contributed by atoms with van der Waals surface area (Å²) in [6, 6.07) is 31.8. The van der Waals surface area contributed by atoms with E-state index in [1.807, 2.05) is 12.1 Å². The van der Waals surface area contributed by atoms with E-state index in [2.05, 4.69) is 93.6 Å². The molecule has 4 rings (SSSR count). The Morgan fingerprint density at radius 1 is 0.562 bits per heavy atom. The van der Waals surface area contributed by atoms with Gasteiger partial charge in [0.15, 0.2) is 0 Å². The fourth-order valence-corrected chi connectivity index (χ4v) is 10.2. The average molecular weight is 462 g/mol. The first-order valence-corrected chi connectivity index (χ1v) is 13.6. The molecule has 0 fully saturated rings. The van der Waals surface area contributed by atoms with Crippen LogP contribution >= 0.6 is 17.2 Å². The quantitative estimate of drug-likeness (QED) is 0.213. The van der Waals surface area contributed by atoms with Gasteiger partial charge in [0, 0.05) is 0 Å². The van der Waals surface area contributed by atoms with E-state index in [-0.39, 0.29) is 10.6 Å². The number of non-ortho nitro benzene ring substituents is 1. The van der Waals surface area contributed by atoms with Crippen molar-refractivity contribution in [2.45, 2.75) is 20.8 Å². The molecule has 0 unspecified atom stereocenters. The second-order valence-corrected chi connectivity index (χ2v) is 14.4. The third kappa shape index (κ3) is 3.43. The fraction of sp³-hybridized carbons (Fsp3) is 0.111. The summed E-state index contributed by atoms with van der Waals surface area (Å²) in [6.45, 7) is 6.16. The molecule has 162 valence electrons. The summed E-state index contributed by atoms with van der Waals surface area (Å²) in [5.74, 6) is -3.70. The van der Waals surface area contributed by atoms with Crippen LogP contribution in [0.15, 0.2) is 97.1 Å². The summed E-state index contributed by atoms with van der Waals surface area (Å²) in [7, 11) is 0. The zero-order valence-corrected chi connectivity index (χ0v) is 20.0. The van der Waals surface area contributed by atoms with Gasteiger partial charge >= 0.3 is 194 Å². The van der Waals surface area contributed by atoms with Crippen LogP contribution in [0.2, 0.25) is 0 Å². The Morgan fingerprint density at radius 2 is 0.812 bits per heavy atom. The molecule has 0 saturated heterocycles. The third-order valence-corrected chi connectivity index (χ3v) is 13.5. The summed E-state index contributed by atoms with van der Waals surface area (Å²) in [4.78, 5) is 11.0. The Labute approximate surface area is 193 Å². The number of nitro groups is 1. The molecule has 3 nitrogen and oxygen atoms in total. The van der Waals surface area contributed by atoms with Gasteiger partial charge in [0.05, 0.1) is 0 Å². The fourth-order valence-electron chi connectivity index (χ4n) is 4.22. The van der Waals surface area contributed by atoms with Crippen molar-refractivity contribution in [2.24, 2.45) is 0 Å². The molecule has 0 aliphatic carbocycles. The molecule has 0 heterocycles. The van der Waals surface area contributed by atoms with Crippen molar-refractivity contribution in [1.29, 1.82) is 0 Å². The number of nitrogens with zero attached hydrogens (tertiary/aromatic N) is 1. The van der Waals surface area contributed by atoms with Crippen molar-refractivity contribution in [3.63, 3.8) is 0 Å². The van der Waals surface area contributed by atoms with Gasteiger partial charge in [-0.3, -0.25) is 0 Å². The number of rotatable bonds is 5. The summed E-state index contributed by atoms with van der Waals surface area (Å²) in [6.07, 6.45) is 0. The summed E-state index contributed by atoms with van der Waals surface area (Å²) in [5.41, 5.74) is 3.48. The van der Waals surface area contributed by atoms with Crippen molar-refractivity contribution in [3.05, 3.63) is 124 Å². The van der Waals surface area contributed by atoms with Crippen LogP contribution < -0.4 is 21.2 Å². The number of benzene rings is 4. The maximum absolute atomic E-state index is 11.3. The minimum absolute atomic E-state index is 0.0483. The maximum atomic E-state index is 11.3. The van der Waals surface area contributed by atoms with Gasteiger partial charge in [0.1, 0.15) is 0 Å². The number of nitro benzene ring substituents is 1. The summed E-state index contributed by atoms with van der Waals surface area (Å²) >= 11 is 8.15. The second kappa shape index (κ2) is 8.16. The zero-order valence-electron chi connectivity index (χ0n) is 18.3. The Kier molecular flexibility index (Phi) is 5.67. The van der Waals surface area contributed by atoms with Crippen molar-refractivity contribution < 1.29 is 4.92 Å². The topological polar surface area (TPSA) is 43.1 Å². The Bertz CT molecular complexity index is 1150. The molecule has 0 saturated carbocycles. The van der Waals surface area contributed by atoms with E-state index in [9.17, 15) is 10.1 Å². The Balaban J connectivity index is 2.18. The normalized spacial score (nSPS) is 12.7. The van der Waals surface area contributed by atoms with Crippen LogP contribution in [0.5, 0.6) is 0 Å². The van der Waals surface area contributed by atoms with Gasteiger partial charge in [-0.25, -0.2) is 0 Å². The molecule has 0 radical (unpaired) electrons. The molecule has 0 aliphatic heterocycles. The van der Waals surface area contributed by atoms with Crippen molar-refractivity contribution in [2.75, 3.05) is 0 Å². The molecular weight excluding hydrogens is 437 g/mol. The first kappa shape index (κ1) is 22.2. The van der Waals surface area contributed by atoms with E-state index in [0.717, 1.165) is 37.9 Å². The number of halogens is 1. The van der Waals surface area contributed by atoms with Gasteiger partial charge in [0.2, 0.25) is 0 Å². The van der Waals surface area contributed by atoms with Gasteiger partial charge < -0.3 is 0 Å². The van der Waals surface area contributed by atoms with E-state index in [1.165, 1.54) is 0 Å². The predicted octanol–water partition coefficient (Wildman–Crippen LogP) is 5.83. The van der Waals surface area contributed by atoms with Crippen LogP contribution in [-0.2, 0) is 0 Å². The third-order valence-electron chi connectivity index (χ3n) is 6.10. The van der Waals surface area contributed by atoms with Crippen molar-refractivity contribution >= 4 is 44.1 Å². The molecule has 32 heavy (non-hydrogen) atoms. The Hall–Kier alpha value is -3.00. The number of hydrogen-bond donors (Lipinski definition) is 0. The van der Waals surface area contributed by atoms with Crippen LogP contribution in [0.25, 0.3) is 0 Å². The Morgan fingerprint density at radius 3 is 1.06 bits per heavy atom. The minimum atomic E-state index is -3.70. The predicted molar refractivity (Wildman–Crippen MR) is 138 cm³/mol. The molecule has 5 heteroatoms. The first-order chi connectivity index (χ1) is 15.2. The molecule has 0 aliphatic rings. The van der Waals surface area contributed by atoms with Gasteiger partial charge in [-0.1, -0.05) is 0 Å². The summed E-state index contributed by atoms with van der Waals surface area (Å²) < 4.78 is 0. The summed E-state index contributed by atoms with van der Waals surface area (Å²) in [5, 5.41) is 15.2. The van der Waals surface area contributed by atoms with Crippen LogP contribution in [0.3, 0.4) is 0 Å². The van der Waals surface area contributed by atoms with Gasteiger partial charge in [-0.2, -0.15) is 0 Å². The van der Waals surface area contributed by atoms with E-state index in [0.29, 0.717) is 0 Å². The average Bonchev–Trinajstić information content (AvgIpc) is 2.80. The molecule has 0 aromatic heterocycles. The van der Waals surface area contributed by atoms with E-state index in [4.69, 9.17) is 11.2 Å². The van der Waals surface area contributed by atoms with Gasteiger partial charge in [0.25, 0.3) is 0 Å². The molecule has 0 N–H and O–H groups in total. The number of hydrogen-bond acceptors (Lipinski definition) is 2. The standard InChI is InChI=1S/C27H25ClNO2P/c1-20-4-12-24(13-5-20)32(28,25-14-6-21(2)7-15-25,26-16-8-22(3)9-17-26)27-18-10-23(11-19-27)29(30)31/h4-19H,1-3H3. The molecule has 0 atom stereocenters. The monoisotopic (exact) mass is 461 g/mol. The van der Waals surface area contributed by atoms with Crippen LogP contribution in [-0.4, -0.2) is 4.92 Å². The van der Waals surface area contributed by atoms with Gasteiger partial charge in [-0.05, 0) is 0 Å².